The minimum absolute atomic E-state index is 0.105. The van der Waals surface area contributed by atoms with Crippen LogP contribution in [0.3, 0.4) is 0 Å². The molecule has 2 aromatic rings. The van der Waals surface area contributed by atoms with E-state index in [-0.39, 0.29) is 11.8 Å². The number of carbonyl (C=O) groups is 1. The lowest BCUT2D eigenvalue weighted by atomic mass is 10.2. The topological polar surface area (TPSA) is 76.1 Å². The number of methoxy groups -OCH3 is 1. The normalized spacial score (nSPS) is 10.4. The lowest BCUT2D eigenvalue weighted by Crippen LogP contribution is -2.18. The Labute approximate surface area is 133 Å². The third-order valence-corrected chi connectivity index (χ3v) is 3.10. The zero-order chi connectivity index (χ0) is 16.1. The van der Waals surface area contributed by atoms with E-state index in [0.717, 1.165) is 0 Å². The second-order valence-corrected chi connectivity index (χ2v) is 5.35. The van der Waals surface area contributed by atoms with E-state index in [0.29, 0.717) is 28.1 Å². The minimum atomic E-state index is -0.115. The molecule has 6 nitrogen and oxygen atoms in total. The van der Waals surface area contributed by atoms with Crippen molar-refractivity contribution < 1.29 is 9.53 Å². The Hall–Kier alpha value is -2.34. The molecule has 1 aromatic carbocycles. The second kappa shape index (κ2) is 7.09. The Morgan fingerprint density at radius 3 is 2.45 bits per heavy atom. The highest BCUT2D eigenvalue weighted by atomic mass is 35.5. The molecule has 22 heavy (non-hydrogen) atoms. The van der Waals surface area contributed by atoms with Gasteiger partial charge in [-0.25, -0.2) is 0 Å². The smallest absolute Gasteiger partial charge is 0.228 e. The number of hydrogen-bond donors (Lipinski definition) is 2. The molecule has 1 heterocycles. The van der Waals surface area contributed by atoms with Crippen LogP contribution in [0.1, 0.15) is 13.8 Å². The highest BCUT2D eigenvalue weighted by Gasteiger charge is 2.09. The first-order chi connectivity index (χ1) is 10.5. The Bertz CT molecular complexity index is 659. The fourth-order valence-corrected chi connectivity index (χ4v) is 1.82. The lowest BCUT2D eigenvalue weighted by molar-refractivity contribution is -0.118. The number of halogens is 1. The van der Waals surface area contributed by atoms with Crippen LogP contribution in [0.4, 0.5) is 17.3 Å². The molecule has 0 atom stereocenters. The summed E-state index contributed by atoms with van der Waals surface area (Å²) < 4.78 is 5.25. The Morgan fingerprint density at radius 1 is 1.18 bits per heavy atom. The van der Waals surface area contributed by atoms with E-state index in [1.54, 1.807) is 37.4 Å². The summed E-state index contributed by atoms with van der Waals surface area (Å²) in [6, 6.07) is 8.61. The third-order valence-electron chi connectivity index (χ3n) is 2.86. The van der Waals surface area contributed by atoms with Crippen LogP contribution < -0.4 is 15.4 Å². The maximum absolute atomic E-state index is 11.6. The number of benzene rings is 1. The molecule has 1 aromatic heterocycles. The molecule has 0 aliphatic heterocycles. The number of nitrogens with one attached hydrogen (secondary N) is 2. The molecule has 0 fully saturated rings. The molecular formula is C15H17ClN4O2. The molecule has 1 amide bonds. The van der Waals surface area contributed by atoms with Gasteiger partial charge < -0.3 is 15.4 Å². The number of aromatic nitrogens is 2. The van der Waals surface area contributed by atoms with Gasteiger partial charge in [-0.15, -0.1) is 10.2 Å². The summed E-state index contributed by atoms with van der Waals surface area (Å²) in [5.74, 6) is 1.34. The number of hydrogen-bond acceptors (Lipinski definition) is 5. The lowest BCUT2D eigenvalue weighted by Gasteiger charge is -2.11. The van der Waals surface area contributed by atoms with E-state index in [9.17, 15) is 4.79 Å². The van der Waals surface area contributed by atoms with E-state index < -0.39 is 0 Å². The van der Waals surface area contributed by atoms with Crippen LogP contribution >= 0.6 is 11.6 Å². The Morgan fingerprint density at radius 2 is 1.86 bits per heavy atom. The third kappa shape index (κ3) is 4.08. The summed E-state index contributed by atoms with van der Waals surface area (Å²) in [4.78, 5) is 11.6. The first kappa shape index (κ1) is 16.0. The van der Waals surface area contributed by atoms with Crippen LogP contribution in [0.2, 0.25) is 5.02 Å². The van der Waals surface area contributed by atoms with Crippen molar-refractivity contribution in [1.29, 1.82) is 0 Å². The van der Waals surface area contributed by atoms with Crippen LogP contribution in [0.25, 0.3) is 0 Å². The predicted molar refractivity (Wildman–Crippen MR) is 86.8 cm³/mol. The van der Waals surface area contributed by atoms with Gasteiger partial charge in [0.25, 0.3) is 0 Å². The zero-order valence-electron chi connectivity index (χ0n) is 12.6. The monoisotopic (exact) mass is 320 g/mol. The van der Waals surface area contributed by atoms with Gasteiger partial charge >= 0.3 is 0 Å². The first-order valence-electron chi connectivity index (χ1n) is 6.74. The van der Waals surface area contributed by atoms with E-state index in [1.807, 2.05) is 13.8 Å². The molecule has 0 radical (unpaired) electrons. The van der Waals surface area contributed by atoms with Crippen LogP contribution in [0.5, 0.6) is 5.75 Å². The average molecular weight is 321 g/mol. The molecule has 0 saturated heterocycles. The van der Waals surface area contributed by atoms with Crippen LogP contribution in [0, 0.1) is 5.92 Å². The fourth-order valence-electron chi connectivity index (χ4n) is 1.65. The van der Waals surface area contributed by atoms with E-state index in [2.05, 4.69) is 20.8 Å². The molecule has 0 unspecified atom stereocenters. The van der Waals surface area contributed by atoms with Gasteiger partial charge in [-0.3, -0.25) is 4.79 Å². The molecule has 0 aliphatic carbocycles. The van der Waals surface area contributed by atoms with Crippen molar-refractivity contribution >= 4 is 34.8 Å². The van der Waals surface area contributed by atoms with Crippen LogP contribution in [-0.2, 0) is 4.79 Å². The van der Waals surface area contributed by atoms with Gasteiger partial charge in [0.1, 0.15) is 5.75 Å². The Balaban J connectivity index is 2.11. The predicted octanol–water partition coefficient (Wildman–Crippen LogP) is 3.48. The van der Waals surface area contributed by atoms with Gasteiger partial charge in [0.05, 0.1) is 12.8 Å². The highest BCUT2D eigenvalue weighted by Crippen LogP contribution is 2.29. The van der Waals surface area contributed by atoms with Gasteiger partial charge in [0.2, 0.25) is 5.91 Å². The molecule has 0 spiro atoms. The molecule has 0 aliphatic rings. The number of nitrogens with zero attached hydrogens (tertiary/aromatic N) is 2. The summed E-state index contributed by atoms with van der Waals surface area (Å²) in [5, 5.41) is 14.3. The van der Waals surface area contributed by atoms with Crippen molar-refractivity contribution in [2.75, 3.05) is 17.7 Å². The second-order valence-electron chi connectivity index (χ2n) is 4.92. The number of carbonyl (C=O) groups excluding carboxylic acids is 1. The van der Waals surface area contributed by atoms with Crippen molar-refractivity contribution in [2.24, 2.45) is 5.92 Å². The summed E-state index contributed by atoms with van der Waals surface area (Å²) in [5.41, 5.74) is 0.684. The van der Waals surface area contributed by atoms with E-state index in [1.165, 1.54) is 0 Å². The van der Waals surface area contributed by atoms with Crippen molar-refractivity contribution in [3.63, 3.8) is 0 Å². The summed E-state index contributed by atoms with van der Waals surface area (Å²) in [7, 11) is 1.57. The van der Waals surface area contributed by atoms with Crippen molar-refractivity contribution in [1.82, 2.24) is 10.2 Å². The molecule has 2 rings (SSSR count). The van der Waals surface area contributed by atoms with Crippen LogP contribution in [0.15, 0.2) is 30.3 Å². The molecule has 0 saturated carbocycles. The zero-order valence-corrected chi connectivity index (χ0v) is 13.3. The maximum atomic E-state index is 11.6. The SMILES string of the molecule is COc1ccc(Cl)cc1Nc1ccc(NC(=O)C(C)C)nn1. The van der Waals surface area contributed by atoms with Gasteiger partial charge in [0, 0.05) is 10.9 Å². The van der Waals surface area contributed by atoms with Crippen molar-refractivity contribution in [3.05, 3.63) is 35.4 Å². The summed E-state index contributed by atoms with van der Waals surface area (Å²) in [6.45, 7) is 3.62. The first-order valence-corrected chi connectivity index (χ1v) is 7.12. The molecular weight excluding hydrogens is 304 g/mol. The molecule has 116 valence electrons. The van der Waals surface area contributed by atoms with Gasteiger partial charge in [0.15, 0.2) is 11.6 Å². The fraction of sp³-hybridized carbons (Fsp3) is 0.267. The largest absolute Gasteiger partial charge is 0.495 e. The molecule has 7 heteroatoms. The van der Waals surface area contributed by atoms with E-state index in [4.69, 9.17) is 16.3 Å². The maximum Gasteiger partial charge on any atom is 0.228 e. The van der Waals surface area contributed by atoms with Crippen molar-refractivity contribution in [3.8, 4) is 5.75 Å². The van der Waals surface area contributed by atoms with Gasteiger partial charge in [-0.2, -0.15) is 0 Å². The quantitative estimate of drug-likeness (QED) is 0.882. The molecule has 2 N–H and O–H groups in total. The standard InChI is InChI=1S/C15H17ClN4O2/c1-9(2)15(21)18-14-7-6-13(19-20-14)17-11-8-10(16)4-5-12(11)22-3/h4-9H,1-3H3,(H,17,19)(H,18,20,21). The Kier molecular flexibility index (Phi) is 5.16. The number of ether oxygens (including phenoxy) is 1. The molecule has 0 bridgehead atoms. The number of anilines is 3. The van der Waals surface area contributed by atoms with Crippen molar-refractivity contribution in [2.45, 2.75) is 13.8 Å². The van der Waals surface area contributed by atoms with Crippen LogP contribution in [-0.4, -0.2) is 23.2 Å². The highest BCUT2D eigenvalue weighted by molar-refractivity contribution is 6.31. The van der Waals surface area contributed by atoms with Gasteiger partial charge in [-0.1, -0.05) is 25.4 Å². The summed E-state index contributed by atoms with van der Waals surface area (Å²) in [6.07, 6.45) is 0. The van der Waals surface area contributed by atoms with Gasteiger partial charge in [-0.05, 0) is 30.3 Å². The van der Waals surface area contributed by atoms with E-state index >= 15 is 0 Å². The minimum Gasteiger partial charge on any atom is -0.495 e. The summed E-state index contributed by atoms with van der Waals surface area (Å²) >= 11 is 5.97. The number of rotatable bonds is 5. The average Bonchev–Trinajstić information content (AvgIpc) is 2.49. The number of amides is 1.